The summed E-state index contributed by atoms with van der Waals surface area (Å²) in [4.78, 5) is 24.1. The molecule has 2 aromatic rings. The molecule has 3 atom stereocenters. The highest BCUT2D eigenvalue weighted by Gasteiger charge is 2.55. The third-order valence-corrected chi connectivity index (χ3v) is 6.36. The van der Waals surface area contributed by atoms with Crippen LogP contribution in [0.3, 0.4) is 0 Å². The van der Waals surface area contributed by atoms with E-state index in [1.165, 1.54) is 0 Å². The van der Waals surface area contributed by atoms with Crippen molar-refractivity contribution in [2.45, 2.75) is 31.3 Å². The molecule has 3 unspecified atom stereocenters. The molecular formula is C24H25F2N5O4. The summed E-state index contributed by atoms with van der Waals surface area (Å²) in [6.07, 6.45) is 8.97. The minimum Gasteiger partial charge on any atom is -0.492 e. The first-order valence-electron chi connectivity index (χ1n) is 11.1. The topological polar surface area (TPSA) is 104 Å². The summed E-state index contributed by atoms with van der Waals surface area (Å²) in [6.45, 7) is 2.31. The van der Waals surface area contributed by atoms with Crippen molar-refractivity contribution in [1.82, 2.24) is 19.9 Å². The lowest BCUT2D eigenvalue weighted by Gasteiger charge is -2.33. The number of carbonyl (C=O) groups excluding carboxylic acids is 1. The second kappa shape index (κ2) is 9.00. The van der Waals surface area contributed by atoms with Crippen LogP contribution in [0, 0.1) is 18.6 Å². The molecule has 1 aromatic carbocycles. The molecule has 35 heavy (non-hydrogen) atoms. The fourth-order valence-corrected chi connectivity index (χ4v) is 4.70. The van der Waals surface area contributed by atoms with Crippen LogP contribution in [0.1, 0.15) is 17.7 Å². The number of nitrogens with zero attached hydrogens (tertiary/aromatic N) is 3. The van der Waals surface area contributed by atoms with Crippen LogP contribution in [0.15, 0.2) is 60.3 Å². The van der Waals surface area contributed by atoms with Crippen molar-refractivity contribution < 1.29 is 27.9 Å². The lowest BCUT2D eigenvalue weighted by Crippen LogP contribution is -2.54. The van der Waals surface area contributed by atoms with Crippen LogP contribution in [0.5, 0.6) is 0 Å². The number of amides is 1. The summed E-state index contributed by atoms with van der Waals surface area (Å²) >= 11 is 0. The lowest BCUT2D eigenvalue weighted by molar-refractivity contribution is -0.165. The van der Waals surface area contributed by atoms with Gasteiger partial charge in [0.2, 0.25) is 5.72 Å². The third-order valence-electron chi connectivity index (χ3n) is 6.36. The van der Waals surface area contributed by atoms with Crippen molar-refractivity contribution >= 4 is 11.6 Å². The summed E-state index contributed by atoms with van der Waals surface area (Å²) < 4.78 is 41.7. The number of aromatic nitrogens is 2. The maximum absolute atomic E-state index is 14.0. The largest absolute Gasteiger partial charge is 0.492 e. The molecule has 1 aromatic heterocycles. The minimum absolute atomic E-state index is 0.0473. The molecular weight excluding hydrogens is 460 g/mol. The highest BCUT2D eigenvalue weighted by molar-refractivity contribution is 5.85. The van der Waals surface area contributed by atoms with E-state index in [4.69, 9.17) is 20.0 Å². The zero-order chi connectivity index (χ0) is 24.7. The number of rotatable bonds is 5. The van der Waals surface area contributed by atoms with Gasteiger partial charge in [-0.05, 0) is 36.8 Å². The summed E-state index contributed by atoms with van der Waals surface area (Å²) in [7, 11) is 1.64. The molecule has 1 fully saturated rings. The van der Waals surface area contributed by atoms with Crippen LogP contribution in [-0.4, -0.2) is 52.9 Å². The van der Waals surface area contributed by atoms with Gasteiger partial charge in [-0.25, -0.2) is 18.7 Å². The monoisotopic (exact) mass is 485 g/mol. The van der Waals surface area contributed by atoms with Crippen molar-refractivity contribution in [1.29, 1.82) is 0 Å². The Bertz CT molecular complexity index is 1240. The van der Waals surface area contributed by atoms with E-state index < -0.39 is 29.4 Å². The Hall–Kier alpha value is -3.38. The van der Waals surface area contributed by atoms with Crippen LogP contribution in [-0.2, 0) is 24.8 Å². The van der Waals surface area contributed by atoms with E-state index in [0.29, 0.717) is 12.2 Å². The number of hydrogen-bond donors (Lipinski definition) is 2. The van der Waals surface area contributed by atoms with Crippen LogP contribution in [0.25, 0.3) is 5.70 Å². The molecule has 184 valence electrons. The number of hydrogen-bond acceptors (Lipinski definition) is 7. The normalized spacial score (nSPS) is 26.8. The smallest absolute Gasteiger partial charge is 0.272 e. The molecule has 3 N–H and O–H groups in total. The highest BCUT2D eigenvalue weighted by atomic mass is 19.1. The standard InChI is InChI=1S/C24H25F2N5O4/c1-14-12-30(13-28-14)19-4-3-15(7-21(19)33-2)20-11-22-29-35-24(23(27)32,31(22)5-6-34-20)16-8-17(25)10-18(26)9-16/h3-4,8-13,21-22,29H,5-7H2,1-2H3,(H2,27,32). The predicted octanol–water partition coefficient (Wildman–Crippen LogP) is 2.07. The number of benzene rings is 1. The van der Waals surface area contributed by atoms with Gasteiger partial charge in [-0.2, -0.15) is 5.48 Å². The van der Waals surface area contributed by atoms with Crippen LogP contribution < -0.4 is 11.2 Å². The number of nitrogens with one attached hydrogen (secondary N) is 1. The second-order valence-corrected chi connectivity index (χ2v) is 8.54. The molecule has 9 nitrogen and oxygen atoms in total. The van der Waals surface area contributed by atoms with Gasteiger partial charge in [-0.3, -0.25) is 9.63 Å². The SMILES string of the molecule is COC1CC(C2=CC3NOC(C(N)=O)(c4cc(F)cc(F)c4)N3CCO2)=CC=C1n1cnc(C)c1. The van der Waals surface area contributed by atoms with Gasteiger partial charge in [0.15, 0.2) is 0 Å². The van der Waals surface area contributed by atoms with E-state index in [1.54, 1.807) is 24.4 Å². The number of ether oxygens (including phenoxy) is 2. The molecule has 0 bridgehead atoms. The van der Waals surface area contributed by atoms with Gasteiger partial charge in [0.1, 0.15) is 36.3 Å². The fraction of sp³-hybridized carbons (Fsp3) is 0.333. The number of fused-ring (bicyclic) bond motifs is 1. The number of hydroxylamine groups is 1. The zero-order valence-corrected chi connectivity index (χ0v) is 19.2. The summed E-state index contributed by atoms with van der Waals surface area (Å²) in [5.41, 5.74) is 9.25. The highest BCUT2D eigenvalue weighted by Crippen LogP contribution is 2.39. The second-order valence-electron chi connectivity index (χ2n) is 8.54. The molecule has 11 heteroatoms. The first-order chi connectivity index (χ1) is 16.8. The Morgan fingerprint density at radius 2 is 2.06 bits per heavy atom. The van der Waals surface area contributed by atoms with Gasteiger partial charge in [0.05, 0.1) is 17.7 Å². The Morgan fingerprint density at radius 1 is 1.29 bits per heavy atom. The van der Waals surface area contributed by atoms with E-state index in [1.807, 2.05) is 29.8 Å². The minimum atomic E-state index is -1.91. The van der Waals surface area contributed by atoms with E-state index >= 15 is 0 Å². The summed E-state index contributed by atoms with van der Waals surface area (Å²) in [6, 6.07) is 2.78. The number of primary amides is 1. The predicted molar refractivity (Wildman–Crippen MR) is 121 cm³/mol. The van der Waals surface area contributed by atoms with Crippen molar-refractivity contribution in [2.24, 2.45) is 5.73 Å². The van der Waals surface area contributed by atoms with E-state index in [-0.39, 0.29) is 24.8 Å². The number of aryl methyl sites for hydroxylation is 1. The molecule has 1 aliphatic carbocycles. The molecule has 0 radical (unpaired) electrons. The molecule has 0 saturated carbocycles. The number of imidazole rings is 1. The Labute approximate surface area is 200 Å². The Balaban J connectivity index is 1.48. The van der Waals surface area contributed by atoms with Gasteiger partial charge in [-0.1, -0.05) is 6.08 Å². The Kier molecular flexibility index (Phi) is 6.01. The van der Waals surface area contributed by atoms with Crippen LogP contribution in [0.2, 0.25) is 0 Å². The van der Waals surface area contributed by atoms with Crippen molar-refractivity contribution in [3.05, 3.63) is 83.2 Å². The van der Waals surface area contributed by atoms with Gasteiger partial charge in [-0.15, -0.1) is 0 Å². The first kappa shape index (κ1) is 23.4. The van der Waals surface area contributed by atoms with Gasteiger partial charge in [0, 0.05) is 37.9 Å². The van der Waals surface area contributed by atoms with E-state index in [0.717, 1.165) is 35.2 Å². The Morgan fingerprint density at radius 3 is 2.71 bits per heavy atom. The van der Waals surface area contributed by atoms with E-state index in [2.05, 4.69) is 10.5 Å². The quantitative estimate of drug-likeness (QED) is 0.668. The zero-order valence-electron chi connectivity index (χ0n) is 19.2. The number of carbonyl (C=O) groups is 1. The van der Waals surface area contributed by atoms with Crippen molar-refractivity contribution in [3.63, 3.8) is 0 Å². The van der Waals surface area contributed by atoms with E-state index in [9.17, 15) is 13.6 Å². The summed E-state index contributed by atoms with van der Waals surface area (Å²) in [5, 5.41) is 0. The molecule has 3 heterocycles. The first-order valence-corrected chi connectivity index (χ1v) is 11.1. The number of halogens is 2. The van der Waals surface area contributed by atoms with Crippen LogP contribution >= 0.6 is 0 Å². The lowest BCUT2D eigenvalue weighted by atomic mass is 9.97. The van der Waals surface area contributed by atoms with Gasteiger partial charge < -0.3 is 19.8 Å². The fourth-order valence-electron chi connectivity index (χ4n) is 4.70. The average Bonchev–Trinajstić information content (AvgIpc) is 3.35. The van der Waals surface area contributed by atoms with Crippen molar-refractivity contribution in [3.8, 4) is 0 Å². The average molecular weight is 485 g/mol. The third kappa shape index (κ3) is 4.06. The van der Waals surface area contributed by atoms with Crippen LogP contribution in [0.4, 0.5) is 8.78 Å². The molecule has 0 spiro atoms. The van der Waals surface area contributed by atoms with Gasteiger partial charge >= 0.3 is 0 Å². The van der Waals surface area contributed by atoms with Gasteiger partial charge in [0.25, 0.3) is 5.91 Å². The molecule has 2 aliphatic heterocycles. The maximum Gasteiger partial charge on any atom is 0.272 e. The summed E-state index contributed by atoms with van der Waals surface area (Å²) in [5.74, 6) is -2.01. The molecule has 1 amide bonds. The molecule has 3 aliphatic rings. The maximum atomic E-state index is 14.0. The number of methoxy groups -OCH3 is 1. The number of nitrogens with two attached hydrogens (primary N) is 1. The molecule has 5 rings (SSSR count). The van der Waals surface area contributed by atoms with Crippen molar-refractivity contribution in [2.75, 3.05) is 20.3 Å². The number of allylic oxidation sites excluding steroid dienone is 3. The molecule has 1 saturated heterocycles.